The van der Waals surface area contributed by atoms with Crippen LogP contribution in [0.2, 0.25) is 5.02 Å². The highest BCUT2D eigenvalue weighted by molar-refractivity contribution is 6.32. The molecule has 2 aromatic carbocycles. The van der Waals surface area contributed by atoms with Gasteiger partial charge in [-0.2, -0.15) is 0 Å². The lowest BCUT2D eigenvalue weighted by Crippen LogP contribution is -2.23. The van der Waals surface area contributed by atoms with Gasteiger partial charge in [-0.3, -0.25) is 24.0 Å². The van der Waals surface area contributed by atoms with Crippen molar-refractivity contribution < 1.29 is 4.92 Å². The van der Waals surface area contributed by atoms with Crippen molar-refractivity contribution in [2.24, 2.45) is 0 Å². The highest BCUT2D eigenvalue weighted by Crippen LogP contribution is 2.32. The zero-order chi connectivity index (χ0) is 22.6. The standard InChI is InChI=1S/C22H17ClN6O3/c1-3-12(2)27-11-24-20-18(22(27)30)19-21(26-16-7-5-4-6-15(16)25-19)28(20)13-8-9-14(23)17(10-13)29(31)32/h4-12H,3H2,1-2H3/t12-/m0/s1. The number of rotatable bonds is 4. The van der Waals surface area contributed by atoms with Gasteiger partial charge in [-0.05, 0) is 37.6 Å². The zero-order valence-corrected chi connectivity index (χ0v) is 17.9. The molecular formula is C22H17ClN6O3. The fourth-order valence-electron chi connectivity index (χ4n) is 3.79. The van der Waals surface area contributed by atoms with E-state index in [-0.39, 0.29) is 22.3 Å². The zero-order valence-electron chi connectivity index (χ0n) is 17.2. The highest BCUT2D eigenvalue weighted by atomic mass is 35.5. The Hall–Kier alpha value is -3.85. The van der Waals surface area contributed by atoms with Crippen LogP contribution in [0.3, 0.4) is 0 Å². The fourth-order valence-corrected chi connectivity index (χ4v) is 3.97. The summed E-state index contributed by atoms with van der Waals surface area (Å²) >= 11 is 6.02. The average Bonchev–Trinajstić information content (AvgIpc) is 3.11. The molecule has 5 rings (SSSR count). The predicted octanol–water partition coefficient (Wildman–Crippen LogP) is 4.82. The molecule has 0 aliphatic heterocycles. The van der Waals surface area contributed by atoms with Gasteiger partial charge >= 0.3 is 0 Å². The number of hydrogen-bond donors (Lipinski definition) is 0. The molecule has 5 aromatic rings. The number of benzene rings is 2. The molecule has 0 aliphatic rings. The normalized spacial score (nSPS) is 12.6. The van der Waals surface area contributed by atoms with Crippen LogP contribution in [-0.4, -0.2) is 29.0 Å². The summed E-state index contributed by atoms with van der Waals surface area (Å²) in [6.07, 6.45) is 2.25. The molecule has 32 heavy (non-hydrogen) atoms. The van der Waals surface area contributed by atoms with Crippen molar-refractivity contribution in [3.05, 3.63) is 74.3 Å². The molecule has 0 spiro atoms. The summed E-state index contributed by atoms with van der Waals surface area (Å²) in [7, 11) is 0. The van der Waals surface area contributed by atoms with Gasteiger partial charge < -0.3 is 0 Å². The van der Waals surface area contributed by atoms with E-state index in [1.54, 1.807) is 15.2 Å². The van der Waals surface area contributed by atoms with E-state index in [0.717, 1.165) is 6.42 Å². The number of nitro groups is 1. The van der Waals surface area contributed by atoms with E-state index in [9.17, 15) is 14.9 Å². The van der Waals surface area contributed by atoms with Crippen LogP contribution in [0.25, 0.3) is 38.9 Å². The van der Waals surface area contributed by atoms with Crippen molar-refractivity contribution in [3.8, 4) is 5.69 Å². The first kappa shape index (κ1) is 20.1. The van der Waals surface area contributed by atoms with Gasteiger partial charge in [0, 0.05) is 12.1 Å². The third-order valence-electron chi connectivity index (χ3n) is 5.64. The number of para-hydroxylation sites is 2. The molecule has 10 heteroatoms. The summed E-state index contributed by atoms with van der Waals surface area (Å²) < 4.78 is 3.20. The molecule has 160 valence electrons. The molecule has 0 radical (unpaired) electrons. The maximum atomic E-state index is 13.5. The number of nitro benzene ring substituents is 1. The van der Waals surface area contributed by atoms with Gasteiger partial charge in [0.2, 0.25) is 0 Å². The number of halogens is 1. The fraction of sp³-hybridized carbons (Fsp3) is 0.182. The Bertz CT molecular complexity index is 1610. The minimum atomic E-state index is -0.551. The summed E-state index contributed by atoms with van der Waals surface area (Å²) in [6, 6.07) is 11.7. The number of aromatic nitrogens is 5. The number of hydrogen-bond acceptors (Lipinski definition) is 6. The van der Waals surface area contributed by atoms with Crippen LogP contribution in [0.5, 0.6) is 0 Å². The molecule has 0 N–H and O–H groups in total. The van der Waals surface area contributed by atoms with Crippen molar-refractivity contribution in [2.75, 3.05) is 0 Å². The molecule has 0 unspecified atom stereocenters. The van der Waals surface area contributed by atoms with Crippen molar-refractivity contribution >= 4 is 50.5 Å². The highest BCUT2D eigenvalue weighted by Gasteiger charge is 2.23. The Morgan fingerprint density at radius 3 is 2.53 bits per heavy atom. The smallest absolute Gasteiger partial charge is 0.289 e. The first-order valence-electron chi connectivity index (χ1n) is 10.0. The third-order valence-corrected chi connectivity index (χ3v) is 5.96. The van der Waals surface area contributed by atoms with Gasteiger partial charge in [0.1, 0.15) is 22.3 Å². The summed E-state index contributed by atoms with van der Waals surface area (Å²) in [5, 5.41) is 11.8. The molecule has 9 nitrogen and oxygen atoms in total. The molecule has 0 amide bonds. The minimum absolute atomic E-state index is 0.0168. The van der Waals surface area contributed by atoms with Crippen LogP contribution in [0, 0.1) is 10.1 Å². The summed E-state index contributed by atoms with van der Waals surface area (Å²) in [5.41, 5.74) is 2.32. The Labute approximate surface area is 186 Å². The number of nitrogens with zero attached hydrogens (tertiary/aromatic N) is 6. The lowest BCUT2D eigenvalue weighted by Gasteiger charge is -2.12. The lowest BCUT2D eigenvalue weighted by atomic mass is 10.2. The molecule has 1 atom stereocenters. The van der Waals surface area contributed by atoms with E-state index < -0.39 is 4.92 Å². The van der Waals surface area contributed by atoms with Crippen molar-refractivity contribution in [2.45, 2.75) is 26.3 Å². The molecule has 0 fully saturated rings. The molecule has 3 aromatic heterocycles. The van der Waals surface area contributed by atoms with E-state index in [1.165, 1.54) is 18.5 Å². The van der Waals surface area contributed by atoms with Crippen LogP contribution < -0.4 is 5.56 Å². The quantitative estimate of drug-likeness (QED) is 0.288. The van der Waals surface area contributed by atoms with Gasteiger partial charge in [-0.1, -0.05) is 30.7 Å². The summed E-state index contributed by atoms with van der Waals surface area (Å²) in [4.78, 5) is 38.4. The molecule has 0 aliphatic carbocycles. The predicted molar refractivity (Wildman–Crippen MR) is 123 cm³/mol. The third kappa shape index (κ3) is 2.93. The van der Waals surface area contributed by atoms with Crippen LogP contribution >= 0.6 is 11.6 Å². The first-order valence-corrected chi connectivity index (χ1v) is 10.4. The molecule has 0 bridgehead atoms. The van der Waals surface area contributed by atoms with E-state index in [4.69, 9.17) is 21.6 Å². The average molecular weight is 449 g/mol. The SMILES string of the molecule is CC[C@H](C)n1cnc2c(c1=O)c1nc3ccccc3nc1n2-c1ccc(Cl)c([N+](=O)[O-])c1. The van der Waals surface area contributed by atoms with E-state index in [1.807, 2.05) is 38.1 Å². The van der Waals surface area contributed by atoms with E-state index in [0.29, 0.717) is 38.9 Å². The van der Waals surface area contributed by atoms with E-state index in [2.05, 4.69) is 4.98 Å². The Kier molecular flexibility index (Phi) is 4.63. The monoisotopic (exact) mass is 448 g/mol. The van der Waals surface area contributed by atoms with Crippen molar-refractivity contribution in [1.82, 2.24) is 24.1 Å². The Balaban J connectivity index is 1.97. The van der Waals surface area contributed by atoms with Gasteiger partial charge in [0.25, 0.3) is 11.2 Å². The summed E-state index contributed by atoms with van der Waals surface area (Å²) in [5.74, 6) is 0. The minimum Gasteiger partial charge on any atom is -0.296 e. The van der Waals surface area contributed by atoms with Gasteiger partial charge in [0.05, 0.1) is 21.6 Å². The Morgan fingerprint density at radius 1 is 1.12 bits per heavy atom. The van der Waals surface area contributed by atoms with Gasteiger partial charge in [0.15, 0.2) is 11.3 Å². The summed E-state index contributed by atoms with van der Waals surface area (Å²) in [6.45, 7) is 3.93. The van der Waals surface area contributed by atoms with Crippen LogP contribution in [0.15, 0.2) is 53.6 Å². The van der Waals surface area contributed by atoms with Crippen LogP contribution in [0.4, 0.5) is 5.69 Å². The maximum Gasteiger partial charge on any atom is 0.289 e. The molecule has 0 saturated carbocycles. The molecular weight excluding hydrogens is 432 g/mol. The molecule has 0 saturated heterocycles. The number of fused-ring (bicyclic) bond motifs is 4. The molecule has 3 heterocycles. The topological polar surface area (TPSA) is 109 Å². The lowest BCUT2D eigenvalue weighted by molar-refractivity contribution is -0.384. The van der Waals surface area contributed by atoms with Crippen LogP contribution in [0.1, 0.15) is 26.3 Å². The largest absolute Gasteiger partial charge is 0.296 e. The first-order chi connectivity index (χ1) is 15.4. The van der Waals surface area contributed by atoms with Gasteiger partial charge in [-0.25, -0.2) is 15.0 Å². The van der Waals surface area contributed by atoms with E-state index >= 15 is 0 Å². The second-order valence-corrected chi connectivity index (χ2v) is 7.93. The van der Waals surface area contributed by atoms with Gasteiger partial charge in [-0.15, -0.1) is 0 Å². The maximum absolute atomic E-state index is 13.5. The van der Waals surface area contributed by atoms with Crippen LogP contribution in [-0.2, 0) is 0 Å². The van der Waals surface area contributed by atoms with Crippen molar-refractivity contribution in [3.63, 3.8) is 0 Å². The Morgan fingerprint density at radius 2 is 1.84 bits per heavy atom. The second kappa shape index (κ2) is 7.38. The second-order valence-electron chi connectivity index (χ2n) is 7.53. The van der Waals surface area contributed by atoms with Crippen molar-refractivity contribution in [1.29, 1.82) is 0 Å².